The molecule has 0 unspecified atom stereocenters. The molecule has 5 nitrogen and oxygen atoms in total. The number of nitrogens with zero attached hydrogens (tertiary/aromatic N) is 1. The van der Waals surface area contributed by atoms with Gasteiger partial charge in [0, 0.05) is 32.6 Å². The molecule has 0 saturated heterocycles. The summed E-state index contributed by atoms with van der Waals surface area (Å²) in [4.78, 5) is 15.9. The minimum Gasteiger partial charge on any atom is -0.356 e. The van der Waals surface area contributed by atoms with Gasteiger partial charge in [0.15, 0.2) is 5.96 Å². The smallest absolute Gasteiger partial charge is 0.220 e. The lowest BCUT2D eigenvalue weighted by molar-refractivity contribution is -0.121. The fourth-order valence-corrected chi connectivity index (χ4v) is 3.47. The average molecular weight is 450 g/mol. The van der Waals surface area contributed by atoms with Gasteiger partial charge in [-0.1, -0.05) is 20.3 Å². The summed E-state index contributed by atoms with van der Waals surface area (Å²) in [6, 6.07) is 0.463. The van der Waals surface area contributed by atoms with E-state index in [0.29, 0.717) is 17.9 Å². The molecule has 0 aromatic carbocycles. The first-order chi connectivity index (χ1) is 11.0. The highest BCUT2D eigenvalue weighted by molar-refractivity contribution is 14.0. The fraction of sp³-hybridized carbons (Fsp3) is 0.889. The van der Waals surface area contributed by atoms with E-state index in [9.17, 15) is 4.79 Å². The largest absolute Gasteiger partial charge is 0.356 e. The molecule has 0 bridgehead atoms. The quantitative estimate of drug-likeness (QED) is 0.219. The minimum atomic E-state index is 0. The van der Waals surface area contributed by atoms with E-state index in [4.69, 9.17) is 0 Å². The molecule has 0 heterocycles. The molecule has 0 atom stereocenters. The van der Waals surface area contributed by atoms with E-state index >= 15 is 0 Å². The second kappa shape index (κ2) is 10.5. The first-order valence-electron chi connectivity index (χ1n) is 9.27. The fourth-order valence-electron chi connectivity index (χ4n) is 3.47. The molecule has 0 radical (unpaired) electrons. The van der Waals surface area contributed by atoms with Crippen molar-refractivity contribution < 1.29 is 4.79 Å². The number of carbonyl (C=O) groups excluding carboxylic acids is 1. The number of halogens is 1. The maximum Gasteiger partial charge on any atom is 0.220 e. The highest BCUT2D eigenvalue weighted by Gasteiger charge is 2.37. The number of nitrogens with one attached hydrogen (secondary N) is 3. The van der Waals surface area contributed by atoms with Gasteiger partial charge in [-0.05, 0) is 49.9 Å². The Bertz CT molecular complexity index is 417. The van der Waals surface area contributed by atoms with Crippen LogP contribution < -0.4 is 16.0 Å². The Morgan fingerprint density at radius 3 is 2.46 bits per heavy atom. The van der Waals surface area contributed by atoms with Crippen molar-refractivity contribution in [1.82, 2.24) is 16.0 Å². The van der Waals surface area contributed by atoms with Crippen LogP contribution >= 0.6 is 24.0 Å². The van der Waals surface area contributed by atoms with Gasteiger partial charge in [-0.25, -0.2) is 0 Å². The summed E-state index contributed by atoms with van der Waals surface area (Å²) < 4.78 is 0. The topological polar surface area (TPSA) is 65.5 Å². The van der Waals surface area contributed by atoms with Gasteiger partial charge in [0.1, 0.15) is 0 Å². The highest BCUT2D eigenvalue weighted by Crippen LogP contribution is 2.45. The van der Waals surface area contributed by atoms with Gasteiger partial charge in [-0.3, -0.25) is 9.79 Å². The third-order valence-corrected chi connectivity index (χ3v) is 4.93. The van der Waals surface area contributed by atoms with Crippen LogP contribution in [0.1, 0.15) is 65.2 Å². The molecule has 140 valence electrons. The number of aliphatic imine (C=N–C) groups is 1. The predicted octanol–water partition coefficient (Wildman–Crippen LogP) is 3.04. The summed E-state index contributed by atoms with van der Waals surface area (Å²) in [6.45, 7) is 6.40. The van der Waals surface area contributed by atoms with Crippen LogP contribution in [-0.2, 0) is 4.79 Å². The Hall–Kier alpha value is -0.530. The molecule has 0 spiro atoms. The SMILES string of the molecule is CN=C(NCCCC(=O)NC1CC1)NCC1(CC(C)C)CCC1.I. The van der Waals surface area contributed by atoms with E-state index in [0.717, 1.165) is 44.2 Å². The van der Waals surface area contributed by atoms with Crippen molar-refractivity contribution in [2.24, 2.45) is 16.3 Å². The van der Waals surface area contributed by atoms with Gasteiger partial charge < -0.3 is 16.0 Å². The van der Waals surface area contributed by atoms with Gasteiger partial charge >= 0.3 is 0 Å². The van der Waals surface area contributed by atoms with Crippen LogP contribution in [0.15, 0.2) is 4.99 Å². The van der Waals surface area contributed by atoms with E-state index in [1.54, 1.807) is 0 Å². The van der Waals surface area contributed by atoms with Crippen LogP contribution in [0.4, 0.5) is 0 Å². The maximum absolute atomic E-state index is 11.6. The zero-order valence-corrected chi connectivity index (χ0v) is 17.8. The monoisotopic (exact) mass is 450 g/mol. The Morgan fingerprint density at radius 2 is 1.96 bits per heavy atom. The first-order valence-corrected chi connectivity index (χ1v) is 9.27. The van der Waals surface area contributed by atoms with Crippen molar-refractivity contribution >= 4 is 35.8 Å². The lowest BCUT2D eigenvalue weighted by atomic mass is 9.64. The lowest BCUT2D eigenvalue weighted by Gasteiger charge is -2.43. The van der Waals surface area contributed by atoms with E-state index in [2.05, 4.69) is 34.8 Å². The van der Waals surface area contributed by atoms with Crippen molar-refractivity contribution in [1.29, 1.82) is 0 Å². The van der Waals surface area contributed by atoms with E-state index in [-0.39, 0.29) is 29.9 Å². The van der Waals surface area contributed by atoms with Crippen molar-refractivity contribution in [3.8, 4) is 0 Å². The normalized spacial score (nSPS) is 19.2. The number of hydrogen-bond donors (Lipinski definition) is 3. The molecule has 0 aromatic rings. The van der Waals surface area contributed by atoms with Crippen LogP contribution in [0.5, 0.6) is 0 Å². The number of carbonyl (C=O) groups is 1. The van der Waals surface area contributed by atoms with Crippen molar-refractivity contribution in [2.75, 3.05) is 20.1 Å². The summed E-state index contributed by atoms with van der Waals surface area (Å²) in [5.41, 5.74) is 0.468. The van der Waals surface area contributed by atoms with E-state index < -0.39 is 0 Å². The van der Waals surface area contributed by atoms with Crippen LogP contribution in [0.2, 0.25) is 0 Å². The van der Waals surface area contributed by atoms with Crippen molar-refractivity contribution in [3.63, 3.8) is 0 Å². The molecule has 2 rings (SSSR count). The summed E-state index contributed by atoms with van der Waals surface area (Å²) >= 11 is 0. The van der Waals surface area contributed by atoms with Gasteiger partial charge in [0.05, 0.1) is 0 Å². The van der Waals surface area contributed by atoms with Crippen LogP contribution in [-0.4, -0.2) is 38.0 Å². The molecule has 2 fully saturated rings. The molecule has 1 amide bonds. The number of guanidine groups is 1. The van der Waals surface area contributed by atoms with Gasteiger partial charge in [0.25, 0.3) is 0 Å². The zero-order valence-electron chi connectivity index (χ0n) is 15.5. The summed E-state index contributed by atoms with van der Waals surface area (Å²) in [6.07, 6.45) is 9.05. The average Bonchev–Trinajstić information content (AvgIpc) is 3.26. The number of amides is 1. The zero-order chi connectivity index (χ0) is 16.7. The highest BCUT2D eigenvalue weighted by atomic mass is 127. The molecule has 2 aliphatic carbocycles. The van der Waals surface area contributed by atoms with E-state index in [1.165, 1.54) is 25.7 Å². The summed E-state index contributed by atoms with van der Waals surface area (Å²) in [5, 5.41) is 9.83. The summed E-state index contributed by atoms with van der Waals surface area (Å²) in [5.74, 6) is 1.79. The maximum atomic E-state index is 11.6. The van der Waals surface area contributed by atoms with Crippen LogP contribution in [0, 0.1) is 11.3 Å². The molecule has 24 heavy (non-hydrogen) atoms. The molecular weight excluding hydrogens is 415 g/mol. The number of rotatable bonds is 9. The van der Waals surface area contributed by atoms with Crippen LogP contribution in [0.3, 0.4) is 0 Å². The van der Waals surface area contributed by atoms with E-state index in [1.807, 2.05) is 7.05 Å². The van der Waals surface area contributed by atoms with Crippen molar-refractivity contribution in [3.05, 3.63) is 0 Å². The third-order valence-electron chi connectivity index (χ3n) is 4.93. The second-order valence-corrected chi connectivity index (χ2v) is 7.75. The third kappa shape index (κ3) is 7.57. The Balaban J connectivity index is 0.00000288. The molecule has 2 aliphatic rings. The molecule has 0 aromatic heterocycles. The Morgan fingerprint density at radius 1 is 1.25 bits per heavy atom. The Kier molecular flexibility index (Phi) is 9.37. The minimum absolute atomic E-state index is 0. The predicted molar refractivity (Wildman–Crippen MR) is 111 cm³/mol. The van der Waals surface area contributed by atoms with Crippen molar-refractivity contribution in [2.45, 2.75) is 71.3 Å². The second-order valence-electron chi connectivity index (χ2n) is 7.75. The molecule has 6 heteroatoms. The lowest BCUT2D eigenvalue weighted by Crippen LogP contribution is -2.47. The molecule has 3 N–H and O–H groups in total. The standard InChI is InChI=1S/C18H34N4O.HI/c1-14(2)12-18(9-5-10-18)13-21-17(19-3)20-11-4-6-16(23)22-15-7-8-15;/h14-15H,4-13H2,1-3H3,(H,22,23)(H2,19,20,21);1H. The van der Waals surface area contributed by atoms with Gasteiger partial charge in [-0.2, -0.15) is 0 Å². The summed E-state index contributed by atoms with van der Waals surface area (Å²) in [7, 11) is 1.81. The van der Waals surface area contributed by atoms with Crippen LogP contribution in [0.25, 0.3) is 0 Å². The molecular formula is C18H35IN4O. The van der Waals surface area contributed by atoms with Gasteiger partial charge in [0.2, 0.25) is 5.91 Å². The first kappa shape index (κ1) is 21.5. The molecule has 2 saturated carbocycles. The number of hydrogen-bond acceptors (Lipinski definition) is 2. The van der Waals surface area contributed by atoms with Gasteiger partial charge in [-0.15, -0.1) is 24.0 Å². The Labute approximate surface area is 164 Å². The molecule has 0 aliphatic heterocycles.